The fraction of sp³-hybridized carbons (Fsp3) is 0.500. The zero-order valence-electron chi connectivity index (χ0n) is 12.3. The normalized spacial score (nSPS) is 12.4. The number of hydrogen-bond donors (Lipinski definition) is 2. The number of benzene rings is 1. The van der Waals surface area contributed by atoms with E-state index in [-0.39, 0.29) is 11.7 Å². The number of amidine groups is 1. The van der Waals surface area contributed by atoms with Crippen LogP contribution in [0.2, 0.25) is 0 Å². The molecule has 0 aliphatic carbocycles. The Hall–Kier alpha value is -1.66. The molecule has 0 saturated carbocycles. The quantitative estimate of drug-likeness (QED) is 0.342. The van der Waals surface area contributed by atoms with Crippen molar-refractivity contribution >= 4 is 5.84 Å². The van der Waals surface area contributed by atoms with Gasteiger partial charge in [0.05, 0.1) is 0 Å². The second-order valence-corrected chi connectivity index (χ2v) is 5.19. The van der Waals surface area contributed by atoms with E-state index in [2.05, 4.69) is 15.0 Å². The van der Waals surface area contributed by atoms with E-state index in [4.69, 9.17) is 10.9 Å². The molecule has 1 aromatic rings. The lowest BCUT2D eigenvalue weighted by Crippen LogP contribution is -2.24. The summed E-state index contributed by atoms with van der Waals surface area (Å²) < 4.78 is 13.9. The van der Waals surface area contributed by atoms with E-state index in [0.29, 0.717) is 17.7 Å². The Balaban J connectivity index is 2.60. The lowest BCUT2D eigenvalue weighted by atomic mass is 10.1. The van der Waals surface area contributed by atoms with Crippen LogP contribution < -0.4 is 5.73 Å². The molecule has 0 radical (unpaired) electrons. The Bertz CT molecular complexity index is 462. The molecule has 112 valence electrons. The molecule has 1 rings (SSSR count). The molecule has 1 aromatic carbocycles. The first-order valence-electron chi connectivity index (χ1n) is 6.53. The molecule has 0 atom stereocenters. The monoisotopic (exact) mass is 282 g/mol. The van der Waals surface area contributed by atoms with Gasteiger partial charge in [0.1, 0.15) is 5.82 Å². The summed E-state index contributed by atoms with van der Waals surface area (Å²) in [5.41, 5.74) is 6.41. The highest BCUT2D eigenvalue weighted by molar-refractivity contribution is 5.97. The number of nitrogens with zero attached hydrogens (tertiary/aromatic N) is 3. The molecule has 0 aliphatic heterocycles. The predicted octanol–water partition coefficient (Wildman–Crippen LogP) is 1.30. The standard InChI is InChI=1S/C14H23FN4O/c1-18(2)7-4-8-19(3)10-12-6-5-11(9-13(12)15)14(16)17-20/h5-6,9,20H,4,7-8,10H2,1-3H3,(H2,16,17). The Kier molecular flexibility index (Phi) is 6.41. The van der Waals surface area contributed by atoms with Crippen LogP contribution in [0, 0.1) is 5.82 Å². The highest BCUT2D eigenvalue weighted by atomic mass is 19.1. The summed E-state index contributed by atoms with van der Waals surface area (Å²) in [7, 11) is 6.03. The molecule has 0 spiro atoms. The van der Waals surface area contributed by atoms with Crippen molar-refractivity contribution in [3.63, 3.8) is 0 Å². The Morgan fingerprint density at radius 3 is 2.55 bits per heavy atom. The third kappa shape index (κ3) is 5.14. The van der Waals surface area contributed by atoms with Gasteiger partial charge in [0.2, 0.25) is 0 Å². The molecular weight excluding hydrogens is 259 g/mol. The number of nitrogens with two attached hydrogens (primary N) is 1. The highest BCUT2D eigenvalue weighted by Crippen LogP contribution is 2.12. The van der Waals surface area contributed by atoms with Crippen LogP contribution in [0.3, 0.4) is 0 Å². The van der Waals surface area contributed by atoms with Crippen molar-refractivity contribution in [2.24, 2.45) is 10.9 Å². The molecule has 0 fully saturated rings. The highest BCUT2D eigenvalue weighted by Gasteiger charge is 2.08. The van der Waals surface area contributed by atoms with Crippen molar-refractivity contribution in [1.29, 1.82) is 0 Å². The van der Waals surface area contributed by atoms with Gasteiger partial charge < -0.3 is 20.7 Å². The predicted molar refractivity (Wildman–Crippen MR) is 78.4 cm³/mol. The summed E-state index contributed by atoms with van der Waals surface area (Å²) in [6.07, 6.45) is 1.04. The minimum atomic E-state index is -0.339. The molecule has 3 N–H and O–H groups in total. The summed E-state index contributed by atoms with van der Waals surface area (Å²) in [6, 6.07) is 4.62. The maximum atomic E-state index is 13.9. The van der Waals surface area contributed by atoms with Gasteiger partial charge in [-0.1, -0.05) is 17.3 Å². The SMILES string of the molecule is CN(C)CCCN(C)Cc1ccc(C(N)=NO)cc1F. The van der Waals surface area contributed by atoms with Crippen LogP contribution >= 0.6 is 0 Å². The zero-order chi connectivity index (χ0) is 15.1. The third-order valence-corrected chi connectivity index (χ3v) is 3.04. The molecule has 0 saturated heterocycles. The molecule has 6 heteroatoms. The van der Waals surface area contributed by atoms with Crippen molar-refractivity contribution in [3.8, 4) is 0 Å². The molecule has 0 heterocycles. The number of rotatable bonds is 7. The van der Waals surface area contributed by atoms with E-state index in [1.54, 1.807) is 12.1 Å². The largest absolute Gasteiger partial charge is 0.409 e. The fourth-order valence-corrected chi connectivity index (χ4v) is 1.92. The van der Waals surface area contributed by atoms with Gasteiger partial charge in [0.25, 0.3) is 0 Å². The van der Waals surface area contributed by atoms with E-state index in [1.165, 1.54) is 6.07 Å². The third-order valence-electron chi connectivity index (χ3n) is 3.04. The Morgan fingerprint density at radius 1 is 1.30 bits per heavy atom. The molecule has 0 aliphatic rings. The van der Waals surface area contributed by atoms with Crippen LogP contribution in [0.4, 0.5) is 4.39 Å². The van der Waals surface area contributed by atoms with E-state index in [1.807, 2.05) is 21.1 Å². The van der Waals surface area contributed by atoms with Crippen LogP contribution in [-0.4, -0.2) is 55.1 Å². The maximum Gasteiger partial charge on any atom is 0.170 e. The van der Waals surface area contributed by atoms with Gasteiger partial charge in [0.15, 0.2) is 5.84 Å². The van der Waals surface area contributed by atoms with Crippen LogP contribution in [0.15, 0.2) is 23.4 Å². The minimum absolute atomic E-state index is 0.0882. The second-order valence-electron chi connectivity index (χ2n) is 5.19. The van der Waals surface area contributed by atoms with Gasteiger partial charge >= 0.3 is 0 Å². The van der Waals surface area contributed by atoms with Crippen molar-refractivity contribution < 1.29 is 9.60 Å². The first-order chi connectivity index (χ1) is 9.43. The first-order valence-corrected chi connectivity index (χ1v) is 6.53. The summed E-state index contributed by atoms with van der Waals surface area (Å²) in [4.78, 5) is 4.20. The van der Waals surface area contributed by atoms with Crippen LogP contribution in [0.25, 0.3) is 0 Å². The molecule has 20 heavy (non-hydrogen) atoms. The van der Waals surface area contributed by atoms with Crippen molar-refractivity contribution in [2.45, 2.75) is 13.0 Å². The molecule has 0 amide bonds. The summed E-state index contributed by atoms with van der Waals surface area (Å²) in [5, 5.41) is 11.4. The topological polar surface area (TPSA) is 65.1 Å². The lowest BCUT2D eigenvalue weighted by Gasteiger charge is -2.18. The minimum Gasteiger partial charge on any atom is -0.409 e. The molecule has 0 aromatic heterocycles. The molecule has 0 bridgehead atoms. The fourth-order valence-electron chi connectivity index (χ4n) is 1.92. The van der Waals surface area contributed by atoms with Crippen molar-refractivity contribution in [3.05, 3.63) is 35.1 Å². The average Bonchev–Trinajstić information content (AvgIpc) is 2.39. The Morgan fingerprint density at radius 2 is 2.00 bits per heavy atom. The summed E-state index contributed by atoms with van der Waals surface area (Å²) in [6.45, 7) is 2.45. The van der Waals surface area contributed by atoms with Gasteiger partial charge in [0, 0.05) is 17.7 Å². The summed E-state index contributed by atoms with van der Waals surface area (Å²) in [5.74, 6) is -0.427. The zero-order valence-corrected chi connectivity index (χ0v) is 12.3. The lowest BCUT2D eigenvalue weighted by molar-refractivity contribution is 0.291. The van der Waals surface area contributed by atoms with Gasteiger partial charge in [-0.05, 0) is 46.7 Å². The maximum absolute atomic E-state index is 13.9. The number of halogens is 1. The van der Waals surface area contributed by atoms with E-state index < -0.39 is 0 Å². The van der Waals surface area contributed by atoms with E-state index >= 15 is 0 Å². The first kappa shape index (κ1) is 16.4. The van der Waals surface area contributed by atoms with Gasteiger partial charge in [-0.3, -0.25) is 0 Å². The Labute approximate surface area is 119 Å². The van der Waals surface area contributed by atoms with E-state index in [0.717, 1.165) is 19.5 Å². The van der Waals surface area contributed by atoms with Gasteiger partial charge in [-0.15, -0.1) is 0 Å². The average molecular weight is 282 g/mol. The van der Waals surface area contributed by atoms with Crippen LogP contribution in [0.5, 0.6) is 0 Å². The van der Waals surface area contributed by atoms with E-state index in [9.17, 15) is 4.39 Å². The van der Waals surface area contributed by atoms with Gasteiger partial charge in [-0.2, -0.15) is 0 Å². The van der Waals surface area contributed by atoms with Gasteiger partial charge in [-0.25, -0.2) is 4.39 Å². The van der Waals surface area contributed by atoms with Crippen LogP contribution in [0.1, 0.15) is 17.5 Å². The smallest absolute Gasteiger partial charge is 0.170 e. The molecule has 5 nitrogen and oxygen atoms in total. The van der Waals surface area contributed by atoms with Crippen LogP contribution in [-0.2, 0) is 6.54 Å². The number of hydrogen-bond acceptors (Lipinski definition) is 4. The molecular formula is C14H23FN4O. The van der Waals surface area contributed by atoms with Crippen molar-refractivity contribution in [2.75, 3.05) is 34.2 Å². The molecule has 0 unspecified atom stereocenters. The summed E-state index contributed by atoms with van der Waals surface area (Å²) >= 11 is 0. The second kappa shape index (κ2) is 7.81. The number of oxime groups is 1. The van der Waals surface area contributed by atoms with Crippen molar-refractivity contribution in [1.82, 2.24) is 9.80 Å².